The lowest BCUT2D eigenvalue weighted by atomic mass is 10.2. The molecule has 5 heteroatoms. The van der Waals surface area contributed by atoms with E-state index >= 15 is 0 Å². The molecule has 4 nitrogen and oxygen atoms in total. The molecule has 1 aromatic heterocycles. The Bertz CT molecular complexity index is 456. The average Bonchev–Trinajstić information content (AvgIpc) is 2.67. The summed E-state index contributed by atoms with van der Waals surface area (Å²) < 4.78 is 0. The first-order valence-electron chi connectivity index (χ1n) is 5.16. The summed E-state index contributed by atoms with van der Waals surface area (Å²) in [6, 6.07) is 1.78. The molecule has 0 unspecified atom stereocenters. The maximum Gasteiger partial charge on any atom is 0.263 e. The van der Waals surface area contributed by atoms with Crippen LogP contribution in [-0.2, 0) is 0 Å². The van der Waals surface area contributed by atoms with Crippen molar-refractivity contribution in [2.75, 3.05) is 26.8 Å². The summed E-state index contributed by atoms with van der Waals surface area (Å²) in [5.74, 6) is 5.25. The van der Waals surface area contributed by atoms with Crippen molar-refractivity contribution in [2.45, 2.75) is 6.92 Å². The van der Waals surface area contributed by atoms with E-state index in [1.54, 1.807) is 13.1 Å². The van der Waals surface area contributed by atoms with Gasteiger partial charge in [0.2, 0.25) is 0 Å². The minimum absolute atomic E-state index is 0.0518. The van der Waals surface area contributed by atoms with Crippen molar-refractivity contribution in [1.82, 2.24) is 4.90 Å². The molecule has 0 aromatic carbocycles. The Morgan fingerprint density at radius 1 is 1.53 bits per heavy atom. The average molecular weight is 253 g/mol. The zero-order valence-electron chi connectivity index (χ0n) is 9.86. The van der Waals surface area contributed by atoms with Gasteiger partial charge < -0.3 is 15.1 Å². The molecule has 1 rings (SSSR count). The van der Waals surface area contributed by atoms with Gasteiger partial charge >= 0.3 is 0 Å². The Morgan fingerprint density at radius 2 is 2.24 bits per heavy atom. The third kappa shape index (κ3) is 3.56. The summed E-state index contributed by atoms with van der Waals surface area (Å²) in [4.78, 5) is 14.8. The number of nitrogens with zero attached hydrogens (tertiary/aromatic N) is 1. The van der Waals surface area contributed by atoms with Gasteiger partial charge in [-0.05, 0) is 18.6 Å². The third-order valence-corrected chi connectivity index (χ3v) is 3.33. The first-order chi connectivity index (χ1) is 8.10. The van der Waals surface area contributed by atoms with E-state index in [1.807, 2.05) is 6.92 Å². The maximum absolute atomic E-state index is 11.9. The van der Waals surface area contributed by atoms with Crippen LogP contribution >= 0.6 is 11.3 Å². The Kier molecular flexibility index (Phi) is 5.16. The van der Waals surface area contributed by atoms with E-state index in [4.69, 9.17) is 10.2 Å². The Hall–Kier alpha value is -1.35. The van der Waals surface area contributed by atoms with E-state index in [0.29, 0.717) is 11.4 Å². The lowest BCUT2D eigenvalue weighted by molar-refractivity contribution is 0.0771. The third-order valence-electron chi connectivity index (χ3n) is 2.19. The maximum atomic E-state index is 11.9. The molecule has 1 aromatic rings. The Balaban J connectivity index is 2.89. The van der Waals surface area contributed by atoms with Crippen molar-refractivity contribution in [2.24, 2.45) is 0 Å². The summed E-state index contributed by atoms with van der Waals surface area (Å²) in [7, 11) is 1.65. The highest BCUT2D eigenvalue weighted by atomic mass is 32.1. The molecule has 0 atom stereocenters. The fourth-order valence-corrected chi connectivity index (χ4v) is 2.31. The predicted octanol–water partition coefficient (Wildman–Crippen LogP) is 0.465. The van der Waals surface area contributed by atoms with Crippen molar-refractivity contribution in [1.29, 1.82) is 0 Å². The number of thiophene rings is 1. The molecule has 92 valence electrons. The van der Waals surface area contributed by atoms with Crippen LogP contribution in [-0.4, -0.2) is 47.8 Å². The number of rotatable bonds is 3. The van der Waals surface area contributed by atoms with E-state index in [-0.39, 0.29) is 19.1 Å². The van der Waals surface area contributed by atoms with Crippen molar-refractivity contribution in [3.8, 4) is 11.8 Å². The number of aliphatic hydroxyl groups excluding tert-OH is 2. The molecular formula is C12H15NO3S. The molecule has 2 N–H and O–H groups in total. The van der Waals surface area contributed by atoms with Gasteiger partial charge in [-0.2, -0.15) is 0 Å². The van der Waals surface area contributed by atoms with Crippen LogP contribution in [0.25, 0.3) is 0 Å². The molecule has 17 heavy (non-hydrogen) atoms. The van der Waals surface area contributed by atoms with Crippen LogP contribution in [0.2, 0.25) is 0 Å². The number of hydrogen-bond acceptors (Lipinski definition) is 4. The van der Waals surface area contributed by atoms with Gasteiger partial charge in [-0.25, -0.2) is 0 Å². The molecule has 0 aliphatic heterocycles. The lowest BCUT2D eigenvalue weighted by Gasteiger charge is -2.13. The SMILES string of the molecule is Cc1cc(C(=O)N(C)CCO)sc1C#CCO. The van der Waals surface area contributed by atoms with Crippen LogP contribution in [0.4, 0.5) is 0 Å². The van der Waals surface area contributed by atoms with Gasteiger partial charge in [0.25, 0.3) is 5.91 Å². The van der Waals surface area contributed by atoms with Crippen LogP contribution in [0.3, 0.4) is 0 Å². The van der Waals surface area contributed by atoms with Crippen LogP contribution in [0.1, 0.15) is 20.1 Å². The highest BCUT2D eigenvalue weighted by molar-refractivity contribution is 7.14. The summed E-state index contributed by atoms with van der Waals surface area (Å²) >= 11 is 1.30. The second-order valence-corrected chi connectivity index (χ2v) is 4.59. The lowest BCUT2D eigenvalue weighted by Crippen LogP contribution is -2.28. The Morgan fingerprint density at radius 3 is 2.82 bits per heavy atom. The zero-order chi connectivity index (χ0) is 12.8. The predicted molar refractivity (Wildman–Crippen MR) is 67.1 cm³/mol. The minimum atomic E-state index is -0.189. The second kappa shape index (κ2) is 6.40. The van der Waals surface area contributed by atoms with Crippen molar-refractivity contribution >= 4 is 17.2 Å². The number of hydrogen-bond donors (Lipinski definition) is 2. The van der Waals surface area contributed by atoms with Crippen molar-refractivity contribution in [3.63, 3.8) is 0 Å². The van der Waals surface area contributed by atoms with Crippen LogP contribution in [0, 0.1) is 18.8 Å². The number of carbonyl (C=O) groups is 1. The van der Waals surface area contributed by atoms with Gasteiger partial charge in [-0.3, -0.25) is 4.79 Å². The molecule has 0 spiro atoms. The normalized spacial score (nSPS) is 9.65. The standard InChI is InChI=1S/C12H15NO3S/c1-9-8-11(12(16)13(2)5-7-15)17-10(9)4-3-6-14/h8,14-15H,5-7H2,1-2H3. The quantitative estimate of drug-likeness (QED) is 0.770. The van der Waals surface area contributed by atoms with Crippen molar-refractivity contribution < 1.29 is 15.0 Å². The van der Waals surface area contributed by atoms with E-state index in [9.17, 15) is 4.79 Å². The molecule has 0 aliphatic carbocycles. The fourth-order valence-electron chi connectivity index (χ4n) is 1.27. The van der Waals surface area contributed by atoms with Gasteiger partial charge in [-0.1, -0.05) is 11.8 Å². The topological polar surface area (TPSA) is 60.8 Å². The minimum Gasteiger partial charge on any atom is -0.395 e. The highest BCUT2D eigenvalue weighted by Gasteiger charge is 2.15. The van der Waals surface area contributed by atoms with Gasteiger partial charge in [0, 0.05) is 13.6 Å². The van der Waals surface area contributed by atoms with Crippen LogP contribution in [0.15, 0.2) is 6.07 Å². The fraction of sp³-hybridized carbons (Fsp3) is 0.417. The largest absolute Gasteiger partial charge is 0.395 e. The van der Waals surface area contributed by atoms with E-state index < -0.39 is 0 Å². The summed E-state index contributed by atoms with van der Waals surface area (Å²) in [6.07, 6.45) is 0. The molecular weight excluding hydrogens is 238 g/mol. The summed E-state index contributed by atoms with van der Waals surface area (Å²) in [6.45, 7) is 1.95. The number of aryl methyl sites for hydroxylation is 1. The van der Waals surface area contributed by atoms with E-state index in [1.165, 1.54) is 16.2 Å². The second-order valence-electron chi connectivity index (χ2n) is 3.53. The van der Waals surface area contributed by atoms with E-state index in [0.717, 1.165) is 10.4 Å². The molecule has 0 radical (unpaired) electrons. The Labute approximate surface area is 105 Å². The number of carbonyl (C=O) groups excluding carboxylic acids is 1. The van der Waals surface area contributed by atoms with Gasteiger partial charge in [0.1, 0.15) is 6.61 Å². The molecule has 1 amide bonds. The monoisotopic (exact) mass is 253 g/mol. The van der Waals surface area contributed by atoms with Crippen LogP contribution < -0.4 is 0 Å². The molecule has 0 saturated heterocycles. The highest BCUT2D eigenvalue weighted by Crippen LogP contribution is 2.22. The first-order valence-corrected chi connectivity index (χ1v) is 5.98. The molecule has 1 heterocycles. The van der Waals surface area contributed by atoms with E-state index in [2.05, 4.69) is 11.8 Å². The van der Waals surface area contributed by atoms with Crippen LogP contribution in [0.5, 0.6) is 0 Å². The first kappa shape index (κ1) is 13.7. The number of amides is 1. The summed E-state index contributed by atoms with van der Waals surface area (Å²) in [5, 5.41) is 17.4. The summed E-state index contributed by atoms with van der Waals surface area (Å²) in [5.41, 5.74) is 0.927. The number of likely N-dealkylation sites (N-methyl/N-ethyl adjacent to an activating group) is 1. The number of aliphatic hydroxyl groups is 2. The van der Waals surface area contributed by atoms with Gasteiger partial charge in [-0.15, -0.1) is 11.3 Å². The zero-order valence-corrected chi connectivity index (χ0v) is 10.7. The molecule has 0 bridgehead atoms. The molecule has 0 saturated carbocycles. The van der Waals surface area contributed by atoms with Gasteiger partial charge in [0.15, 0.2) is 0 Å². The molecule has 0 aliphatic rings. The van der Waals surface area contributed by atoms with Gasteiger partial charge in [0.05, 0.1) is 16.4 Å². The van der Waals surface area contributed by atoms with Crippen molar-refractivity contribution in [3.05, 3.63) is 21.4 Å². The molecule has 0 fully saturated rings. The smallest absolute Gasteiger partial charge is 0.263 e.